The lowest BCUT2D eigenvalue weighted by molar-refractivity contribution is 0.144. The quantitative estimate of drug-likeness (QED) is 0.419. The van der Waals surface area contributed by atoms with Gasteiger partial charge in [-0.2, -0.15) is 0 Å². The summed E-state index contributed by atoms with van der Waals surface area (Å²) in [4.78, 5) is 11.5. The SMILES string of the molecule is COCCOc1cc2ncc3c(N)nc(N4CCC(CCO)CC4)cc3c2cc1OC. The largest absolute Gasteiger partial charge is 0.493 e. The Kier molecular flexibility index (Phi) is 6.58. The van der Waals surface area contributed by atoms with Gasteiger partial charge < -0.3 is 30.0 Å². The lowest BCUT2D eigenvalue weighted by Gasteiger charge is -2.33. The summed E-state index contributed by atoms with van der Waals surface area (Å²) in [5, 5.41) is 12.0. The van der Waals surface area contributed by atoms with Gasteiger partial charge in [0.15, 0.2) is 11.5 Å². The summed E-state index contributed by atoms with van der Waals surface area (Å²) in [5.41, 5.74) is 7.14. The molecular weight excluding hydrogens is 396 g/mol. The summed E-state index contributed by atoms with van der Waals surface area (Å²) in [6.07, 6.45) is 4.73. The maximum absolute atomic E-state index is 9.21. The van der Waals surface area contributed by atoms with Crippen LogP contribution in [0.15, 0.2) is 24.4 Å². The molecule has 0 amide bonds. The highest BCUT2D eigenvalue weighted by atomic mass is 16.5. The topological polar surface area (TPSA) is 103 Å². The number of pyridine rings is 2. The molecule has 1 fully saturated rings. The molecule has 8 nitrogen and oxygen atoms in total. The molecule has 3 N–H and O–H groups in total. The number of nitrogens with two attached hydrogens (primary N) is 1. The molecule has 0 saturated carbocycles. The second-order valence-corrected chi connectivity index (χ2v) is 7.89. The smallest absolute Gasteiger partial charge is 0.163 e. The molecule has 1 saturated heterocycles. The number of rotatable bonds is 8. The van der Waals surface area contributed by atoms with Crippen molar-refractivity contribution in [2.75, 3.05) is 57.8 Å². The van der Waals surface area contributed by atoms with E-state index in [-0.39, 0.29) is 6.61 Å². The maximum atomic E-state index is 9.21. The molecule has 4 rings (SSSR count). The number of fused-ring (bicyclic) bond motifs is 3. The zero-order valence-corrected chi connectivity index (χ0v) is 18.1. The van der Waals surface area contributed by atoms with Gasteiger partial charge in [-0.3, -0.25) is 4.98 Å². The normalized spacial score (nSPS) is 15.0. The summed E-state index contributed by atoms with van der Waals surface area (Å²) in [5.74, 6) is 3.19. The number of ether oxygens (including phenoxy) is 3. The van der Waals surface area contributed by atoms with Crippen molar-refractivity contribution in [2.45, 2.75) is 19.3 Å². The third kappa shape index (κ3) is 4.45. The highest BCUT2D eigenvalue weighted by Gasteiger charge is 2.21. The Labute approximate surface area is 181 Å². The van der Waals surface area contributed by atoms with Crippen LogP contribution in [0.1, 0.15) is 19.3 Å². The molecule has 0 bridgehead atoms. The van der Waals surface area contributed by atoms with Crippen LogP contribution in [0.5, 0.6) is 11.5 Å². The summed E-state index contributed by atoms with van der Waals surface area (Å²) < 4.78 is 16.4. The van der Waals surface area contributed by atoms with Crippen molar-refractivity contribution in [3.63, 3.8) is 0 Å². The number of benzene rings is 1. The predicted octanol–water partition coefficient (Wildman–Crippen LogP) is 3.00. The third-order valence-electron chi connectivity index (χ3n) is 6.00. The van der Waals surface area contributed by atoms with Crippen molar-refractivity contribution < 1.29 is 19.3 Å². The minimum atomic E-state index is 0.254. The van der Waals surface area contributed by atoms with Crippen LogP contribution in [0.25, 0.3) is 21.7 Å². The fourth-order valence-corrected chi connectivity index (χ4v) is 4.23. The first kappa shape index (κ1) is 21.4. The zero-order chi connectivity index (χ0) is 21.8. The first-order valence-electron chi connectivity index (χ1n) is 10.7. The Bertz CT molecular complexity index is 1050. The van der Waals surface area contributed by atoms with Gasteiger partial charge in [-0.25, -0.2) is 4.98 Å². The summed E-state index contributed by atoms with van der Waals surface area (Å²) in [6.45, 7) is 2.99. The lowest BCUT2D eigenvalue weighted by atomic mass is 9.94. The van der Waals surface area contributed by atoms with Gasteiger partial charge >= 0.3 is 0 Å². The fourth-order valence-electron chi connectivity index (χ4n) is 4.23. The number of aliphatic hydroxyl groups excluding tert-OH is 1. The first-order valence-corrected chi connectivity index (χ1v) is 10.7. The molecule has 0 aliphatic carbocycles. The van der Waals surface area contributed by atoms with Crippen molar-refractivity contribution in [3.05, 3.63) is 24.4 Å². The molecule has 3 aromatic rings. The number of nitrogen functional groups attached to an aromatic ring is 1. The Morgan fingerprint density at radius 2 is 1.87 bits per heavy atom. The van der Waals surface area contributed by atoms with E-state index in [2.05, 4.69) is 20.9 Å². The number of anilines is 2. The molecule has 0 unspecified atom stereocenters. The van der Waals surface area contributed by atoms with Crippen molar-refractivity contribution in [1.29, 1.82) is 0 Å². The van der Waals surface area contributed by atoms with Crippen LogP contribution < -0.4 is 20.1 Å². The van der Waals surface area contributed by atoms with Gasteiger partial charge in [0.2, 0.25) is 0 Å². The highest BCUT2D eigenvalue weighted by Crippen LogP contribution is 2.37. The minimum Gasteiger partial charge on any atom is -0.493 e. The second kappa shape index (κ2) is 9.53. The molecule has 0 radical (unpaired) electrons. The van der Waals surface area contributed by atoms with Gasteiger partial charge in [-0.1, -0.05) is 0 Å². The predicted molar refractivity (Wildman–Crippen MR) is 122 cm³/mol. The van der Waals surface area contributed by atoms with Crippen LogP contribution in [0, 0.1) is 5.92 Å². The molecule has 3 heterocycles. The van der Waals surface area contributed by atoms with E-state index < -0.39 is 0 Å². The fraction of sp³-hybridized carbons (Fsp3) is 0.478. The molecular formula is C23H30N4O4. The summed E-state index contributed by atoms with van der Waals surface area (Å²) in [7, 11) is 3.26. The van der Waals surface area contributed by atoms with E-state index in [1.165, 1.54) is 0 Å². The monoisotopic (exact) mass is 426 g/mol. The van der Waals surface area contributed by atoms with Crippen molar-refractivity contribution >= 4 is 33.3 Å². The Hall–Kier alpha value is -2.84. The lowest BCUT2D eigenvalue weighted by Crippen LogP contribution is -2.34. The van der Waals surface area contributed by atoms with Crippen LogP contribution in [-0.2, 0) is 4.74 Å². The van der Waals surface area contributed by atoms with Gasteiger partial charge in [0.1, 0.15) is 18.2 Å². The molecule has 0 spiro atoms. The summed E-state index contributed by atoms with van der Waals surface area (Å²) >= 11 is 0. The average Bonchev–Trinajstić information content (AvgIpc) is 2.79. The highest BCUT2D eigenvalue weighted by molar-refractivity contribution is 6.10. The van der Waals surface area contributed by atoms with E-state index in [4.69, 9.17) is 19.9 Å². The van der Waals surface area contributed by atoms with Gasteiger partial charge in [0.25, 0.3) is 0 Å². The number of aromatic nitrogens is 2. The number of hydrogen-bond donors (Lipinski definition) is 2. The van der Waals surface area contributed by atoms with E-state index in [1.54, 1.807) is 20.4 Å². The molecule has 1 aliphatic heterocycles. The number of aliphatic hydroxyl groups is 1. The zero-order valence-electron chi connectivity index (χ0n) is 18.1. The summed E-state index contributed by atoms with van der Waals surface area (Å²) in [6, 6.07) is 5.93. The van der Waals surface area contributed by atoms with Crippen LogP contribution >= 0.6 is 0 Å². The number of methoxy groups -OCH3 is 2. The van der Waals surface area contributed by atoms with E-state index in [9.17, 15) is 5.11 Å². The van der Waals surface area contributed by atoms with E-state index in [0.717, 1.165) is 59.8 Å². The Morgan fingerprint density at radius 1 is 1.06 bits per heavy atom. The molecule has 8 heteroatoms. The molecule has 1 aromatic carbocycles. The molecule has 2 aromatic heterocycles. The van der Waals surface area contributed by atoms with Crippen molar-refractivity contribution in [2.24, 2.45) is 5.92 Å². The molecule has 31 heavy (non-hydrogen) atoms. The van der Waals surface area contributed by atoms with Gasteiger partial charge in [-0.05, 0) is 37.3 Å². The average molecular weight is 427 g/mol. The van der Waals surface area contributed by atoms with E-state index in [0.29, 0.717) is 36.4 Å². The molecule has 166 valence electrons. The van der Waals surface area contributed by atoms with Crippen molar-refractivity contribution in [3.8, 4) is 11.5 Å². The Morgan fingerprint density at radius 3 is 2.58 bits per heavy atom. The van der Waals surface area contributed by atoms with E-state index in [1.807, 2.05) is 12.1 Å². The number of nitrogens with zero attached hydrogens (tertiary/aromatic N) is 3. The number of hydrogen-bond acceptors (Lipinski definition) is 8. The minimum absolute atomic E-state index is 0.254. The van der Waals surface area contributed by atoms with Gasteiger partial charge in [0.05, 0.1) is 19.2 Å². The van der Waals surface area contributed by atoms with Gasteiger partial charge in [-0.15, -0.1) is 0 Å². The molecule has 1 aliphatic rings. The van der Waals surface area contributed by atoms with Crippen LogP contribution in [0.2, 0.25) is 0 Å². The van der Waals surface area contributed by atoms with Crippen LogP contribution in [-0.4, -0.2) is 62.2 Å². The second-order valence-electron chi connectivity index (χ2n) is 7.89. The standard InChI is InChI=1S/C23H30N4O4/c1-29-9-10-31-21-13-19-17(11-20(21)30-2)16-12-22(26-23(24)18(16)14-25-19)27-6-3-15(4-7-27)5-8-28/h11-15,28H,3-10H2,1-2H3,(H2,24,26). The van der Waals surface area contributed by atoms with E-state index >= 15 is 0 Å². The van der Waals surface area contributed by atoms with Crippen LogP contribution in [0.3, 0.4) is 0 Å². The van der Waals surface area contributed by atoms with Gasteiger partial charge in [0, 0.05) is 55.2 Å². The Balaban J connectivity index is 1.72. The number of piperidine rings is 1. The first-order chi connectivity index (χ1) is 15.1. The van der Waals surface area contributed by atoms with Crippen molar-refractivity contribution in [1.82, 2.24) is 9.97 Å². The maximum Gasteiger partial charge on any atom is 0.163 e. The molecule has 0 atom stereocenters. The van der Waals surface area contributed by atoms with Crippen LogP contribution in [0.4, 0.5) is 11.6 Å². The third-order valence-corrected chi connectivity index (χ3v) is 6.00.